The minimum absolute atomic E-state index is 0.0504. The molecule has 0 unspecified atom stereocenters. The average molecular weight is 406 g/mol. The van der Waals surface area contributed by atoms with Gasteiger partial charge in [0.2, 0.25) is 5.91 Å². The molecule has 0 heterocycles. The van der Waals surface area contributed by atoms with Gasteiger partial charge in [-0.1, -0.05) is 0 Å². The number of thioether (sulfide) groups is 1. The van der Waals surface area contributed by atoms with E-state index in [1.54, 1.807) is 21.3 Å². The maximum atomic E-state index is 12.5. The molecule has 0 aliphatic rings. The van der Waals surface area contributed by atoms with Crippen molar-refractivity contribution in [2.24, 2.45) is 0 Å². The van der Waals surface area contributed by atoms with Gasteiger partial charge in [-0.25, -0.2) is 0 Å². The van der Waals surface area contributed by atoms with Crippen LogP contribution in [0.1, 0.15) is 13.8 Å². The summed E-state index contributed by atoms with van der Waals surface area (Å²) in [5.74, 6) is 2.75. The summed E-state index contributed by atoms with van der Waals surface area (Å²) < 4.78 is 21.4. The highest BCUT2D eigenvalue weighted by molar-refractivity contribution is 8.00. The van der Waals surface area contributed by atoms with Gasteiger partial charge < -0.3 is 24.3 Å². The zero-order valence-corrected chi connectivity index (χ0v) is 17.7. The Hall–Kier alpha value is -2.54. The predicted octanol–water partition coefficient (Wildman–Crippen LogP) is 3.78. The molecule has 0 aromatic heterocycles. The summed E-state index contributed by atoms with van der Waals surface area (Å²) >= 11 is 1.46. The molecule has 1 N–H and O–H groups in total. The Kier molecular flexibility index (Phi) is 8.32. The summed E-state index contributed by atoms with van der Waals surface area (Å²) in [6.07, 6.45) is 0. The summed E-state index contributed by atoms with van der Waals surface area (Å²) in [4.78, 5) is 13.4. The monoisotopic (exact) mass is 405 g/mol. The van der Waals surface area contributed by atoms with Gasteiger partial charge in [0.25, 0.3) is 0 Å². The van der Waals surface area contributed by atoms with Crippen molar-refractivity contribution in [2.45, 2.75) is 30.0 Å². The Labute approximate surface area is 170 Å². The molecule has 1 amide bonds. The van der Waals surface area contributed by atoms with E-state index in [1.807, 2.05) is 56.3 Å². The molecular weight excluding hydrogens is 378 g/mol. The lowest BCUT2D eigenvalue weighted by Crippen LogP contribution is -2.40. The lowest BCUT2D eigenvalue weighted by molar-refractivity contribution is -0.121. The maximum Gasteiger partial charge on any atom is 0.233 e. The zero-order chi connectivity index (χ0) is 20.5. The normalized spacial score (nSPS) is 12.6. The first-order chi connectivity index (χ1) is 13.5. The largest absolute Gasteiger partial charge is 0.497 e. The van der Waals surface area contributed by atoms with Crippen LogP contribution < -0.4 is 24.3 Å². The van der Waals surface area contributed by atoms with E-state index in [-0.39, 0.29) is 17.2 Å². The number of hydrogen-bond donors (Lipinski definition) is 1. The van der Waals surface area contributed by atoms with E-state index in [9.17, 15) is 4.79 Å². The quantitative estimate of drug-likeness (QED) is 0.607. The molecule has 0 radical (unpaired) electrons. The standard InChI is InChI=1S/C21H27NO5S/c1-14(13-27-17-8-6-16(24-3)7-9-17)22-21(23)15(2)28-18-10-11-19(25-4)20(12-18)26-5/h6-12,14-15H,13H2,1-5H3,(H,22,23)/t14-,15-/m0/s1. The number of rotatable bonds is 10. The van der Waals surface area contributed by atoms with Crippen LogP contribution >= 0.6 is 11.8 Å². The van der Waals surface area contributed by atoms with Gasteiger partial charge >= 0.3 is 0 Å². The van der Waals surface area contributed by atoms with Crippen LogP contribution in [0.4, 0.5) is 0 Å². The highest BCUT2D eigenvalue weighted by Crippen LogP contribution is 2.33. The van der Waals surface area contributed by atoms with E-state index >= 15 is 0 Å². The molecule has 28 heavy (non-hydrogen) atoms. The number of methoxy groups -OCH3 is 3. The first-order valence-electron chi connectivity index (χ1n) is 8.92. The van der Waals surface area contributed by atoms with Gasteiger partial charge in [0.05, 0.1) is 32.6 Å². The molecule has 0 saturated heterocycles. The summed E-state index contributed by atoms with van der Waals surface area (Å²) in [6.45, 7) is 4.16. The number of carbonyl (C=O) groups excluding carboxylic acids is 1. The minimum atomic E-state index is -0.262. The Morgan fingerprint density at radius 3 is 2.18 bits per heavy atom. The molecule has 2 rings (SSSR count). The fraction of sp³-hybridized carbons (Fsp3) is 0.381. The van der Waals surface area contributed by atoms with Gasteiger partial charge in [-0.15, -0.1) is 11.8 Å². The lowest BCUT2D eigenvalue weighted by Gasteiger charge is -2.18. The Morgan fingerprint density at radius 1 is 0.929 bits per heavy atom. The van der Waals surface area contributed by atoms with E-state index in [4.69, 9.17) is 18.9 Å². The Balaban J connectivity index is 1.83. The summed E-state index contributed by atoms with van der Waals surface area (Å²) in [5.41, 5.74) is 0. The number of ether oxygens (including phenoxy) is 4. The van der Waals surface area contributed by atoms with E-state index in [2.05, 4.69) is 5.32 Å². The third kappa shape index (κ3) is 6.27. The molecule has 2 atom stereocenters. The van der Waals surface area contributed by atoms with E-state index in [0.717, 1.165) is 16.4 Å². The average Bonchev–Trinajstić information content (AvgIpc) is 2.72. The third-order valence-electron chi connectivity index (χ3n) is 3.99. The van der Waals surface area contributed by atoms with Gasteiger partial charge in [0, 0.05) is 4.90 Å². The third-order valence-corrected chi connectivity index (χ3v) is 5.08. The lowest BCUT2D eigenvalue weighted by atomic mass is 10.3. The van der Waals surface area contributed by atoms with Crippen LogP contribution in [0.5, 0.6) is 23.0 Å². The van der Waals surface area contributed by atoms with Crippen molar-refractivity contribution in [2.75, 3.05) is 27.9 Å². The Bertz CT molecular complexity index is 766. The molecule has 7 heteroatoms. The first kappa shape index (κ1) is 21.8. The molecule has 152 valence electrons. The fourth-order valence-corrected chi connectivity index (χ4v) is 3.35. The number of nitrogens with one attached hydrogen (secondary N) is 1. The SMILES string of the molecule is COc1ccc(OC[C@H](C)NC(=O)[C@H](C)Sc2ccc(OC)c(OC)c2)cc1. The molecule has 0 aliphatic heterocycles. The Morgan fingerprint density at radius 2 is 1.57 bits per heavy atom. The van der Waals surface area contributed by atoms with Crippen LogP contribution in [-0.2, 0) is 4.79 Å². The van der Waals surface area contributed by atoms with E-state index in [1.165, 1.54) is 11.8 Å². The molecule has 0 spiro atoms. The number of carbonyl (C=O) groups is 1. The van der Waals surface area contributed by atoms with Crippen LogP contribution in [0.25, 0.3) is 0 Å². The van der Waals surface area contributed by atoms with Gasteiger partial charge in [0.1, 0.15) is 18.1 Å². The molecule has 0 aliphatic carbocycles. The fourth-order valence-electron chi connectivity index (χ4n) is 2.44. The van der Waals surface area contributed by atoms with Crippen LogP contribution in [0.3, 0.4) is 0 Å². The second kappa shape index (κ2) is 10.7. The summed E-state index contributed by atoms with van der Waals surface area (Å²) in [7, 11) is 4.80. The van der Waals surface area contributed by atoms with Crippen molar-refractivity contribution in [1.29, 1.82) is 0 Å². The van der Waals surface area contributed by atoms with Crippen molar-refractivity contribution in [3.05, 3.63) is 42.5 Å². The molecule has 0 bridgehead atoms. The molecule has 0 saturated carbocycles. The van der Waals surface area contributed by atoms with E-state index < -0.39 is 0 Å². The highest BCUT2D eigenvalue weighted by atomic mass is 32.2. The van der Waals surface area contributed by atoms with Gasteiger partial charge in [-0.05, 0) is 56.3 Å². The van der Waals surface area contributed by atoms with Gasteiger partial charge in [-0.2, -0.15) is 0 Å². The molecule has 0 fully saturated rings. The molecule has 6 nitrogen and oxygen atoms in total. The minimum Gasteiger partial charge on any atom is -0.497 e. The summed E-state index contributed by atoms with van der Waals surface area (Å²) in [6, 6.07) is 12.8. The highest BCUT2D eigenvalue weighted by Gasteiger charge is 2.18. The van der Waals surface area contributed by atoms with Crippen LogP contribution in [0.15, 0.2) is 47.4 Å². The molecular formula is C21H27NO5S. The number of amides is 1. The van der Waals surface area contributed by atoms with Crippen molar-refractivity contribution in [3.63, 3.8) is 0 Å². The smallest absolute Gasteiger partial charge is 0.233 e. The number of hydrogen-bond acceptors (Lipinski definition) is 6. The van der Waals surface area contributed by atoms with Crippen LogP contribution in [0, 0.1) is 0 Å². The predicted molar refractivity (Wildman–Crippen MR) is 111 cm³/mol. The first-order valence-corrected chi connectivity index (χ1v) is 9.80. The zero-order valence-electron chi connectivity index (χ0n) is 16.9. The van der Waals surface area contributed by atoms with E-state index in [0.29, 0.717) is 18.1 Å². The second-order valence-corrected chi connectivity index (χ2v) is 7.59. The summed E-state index contributed by atoms with van der Waals surface area (Å²) in [5, 5.41) is 2.72. The second-order valence-electron chi connectivity index (χ2n) is 6.17. The van der Waals surface area contributed by atoms with Crippen molar-refractivity contribution in [1.82, 2.24) is 5.32 Å². The van der Waals surface area contributed by atoms with Crippen LogP contribution in [0.2, 0.25) is 0 Å². The number of benzene rings is 2. The maximum absolute atomic E-state index is 12.5. The van der Waals surface area contributed by atoms with Gasteiger partial charge in [-0.3, -0.25) is 4.79 Å². The molecule has 2 aromatic carbocycles. The van der Waals surface area contributed by atoms with Crippen molar-refractivity contribution in [3.8, 4) is 23.0 Å². The topological polar surface area (TPSA) is 66.0 Å². The van der Waals surface area contributed by atoms with Crippen molar-refractivity contribution < 1.29 is 23.7 Å². The van der Waals surface area contributed by atoms with Crippen LogP contribution in [-0.4, -0.2) is 45.1 Å². The van der Waals surface area contributed by atoms with Crippen molar-refractivity contribution >= 4 is 17.7 Å². The molecule has 2 aromatic rings. The van der Waals surface area contributed by atoms with Gasteiger partial charge in [0.15, 0.2) is 11.5 Å².